The molecule has 2 aromatic rings. The second kappa shape index (κ2) is 4.97. The zero-order valence-electron chi connectivity index (χ0n) is 9.46. The van der Waals surface area contributed by atoms with E-state index in [2.05, 4.69) is 5.32 Å². The molecule has 96 valence electrons. The van der Waals surface area contributed by atoms with Gasteiger partial charge in [-0.25, -0.2) is 13.6 Å². The fourth-order valence-electron chi connectivity index (χ4n) is 1.46. The molecule has 0 fully saturated rings. The molecule has 1 aromatic heterocycles. The third-order valence-electron chi connectivity index (χ3n) is 2.40. The highest BCUT2D eigenvalue weighted by Gasteiger charge is 2.08. The zero-order chi connectivity index (χ0) is 13.2. The molecule has 0 bridgehead atoms. The number of nitrogen functional groups attached to an aromatic ring is 1. The molecule has 0 spiro atoms. The number of hydrogen-bond donors (Lipinski definition) is 3. The van der Waals surface area contributed by atoms with E-state index in [4.69, 9.17) is 10.9 Å². The van der Waals surface area contributed by atoms with E-state index in [1.165, 1.54) is 12.1 Å². The fraction of sp³-hybridized carbons (Fsp3) is 0.0909. The van der Waals surface area contributed by atoms with Gasteiger partial charge >= 0.3 is 0 Å². The monoisotopic (exact) mass is 283 g/mol. The average molecular weight is 283 g/mol. The summed E-state index contributed by atoms with van der Waals surface area (Å²) in [4.78, 5) is 1.10. The van der Waals surface area contributed by atoms with Crippen LogP contribution in [0, 0.1) is 0 Å². The van der Waals surface area contributed by atoms with Gasteiger partial charge in [0.2, 0.25) is 10.0 Å². The Kier molecular flexibility index (Phi) is 3.55. The minimum Gasteiger partial charge on any atom is -0.398 e. The molecule has 0 saturated carbocycles. The van der Waals surface area contributed by atoms with Crippen LogP contribution in [0.1, 0.15) is 4.88 Å². The van der Waals surface area contributed by atoms with Crippen molar-refractivity contribution in [1.29, 1.82) is 0 Å². The highest BCUT2D eigenvalue weighted by molar-refractivity contribution is 7.89. The van der Waals surface area contributed by atoms with Crippen LogP contribution in [-0.2, 0) is 16.6 Å². The van der Waals surface area contributed by atoms with Gasteiger partial charge in [-0.05, 0) is 29.6 Å². The van der Waals surface area contributed by atoms with Gasteiger partial charge in [0, 0.05) is 16.3 Å². The minimum atomic E-state index is -3.67. The number of thiophene rings is 1. The van der Waals surface area contributed by atoms with Crippen molar-refractivity contribution in [3.8, 4) is 0 Å². The van der Waals surface area contributed by atoms with Crippen LogP contribution in [0.5, 0.6) is 0 Å². The maximum absolute atomic E-state index is 11.2. The highest BCUT2D eigenvalue weighted by atomic mass is 32.2. The fourth-order valence-corrected chi connectivity index (χ4v) is 2.76. The Labute approximate surface area is 109 Å². The van der Waals surface area contributed by atoms with Gasteiger partial charge in [0.15, 0.2) is 0 Å². The van der Waals surface area contributed by atoms with Gasteiger partial charge in [0.05, 0.1) is 11.4 Å². The van der Waals surface area contributed by atoms with Gasteiger partial charge in [-0.3, -0.25) is 0 Å². The molecular weight excluding hydrogens is 270 g/mol. The summed E-state index contributed by atoms with van der Waals surface area (Å²) in [6.45, 7) is 0.553. The number of nitrogens with two attached hydrogens (primary N) is 2. The van der Waals surface area contributed by atoms with E-state index in [9.17, 15) is 8.42 Å². The molecule has 0 radical (unpaired) electrons. The van der Waals surface area contributed by atoms with Crippen molar-refractivity contribution in [2.75, 3.05) is 11.1 Å². The summed E-state index contributed by atoms with van der Waals surface area (Å²) in [7, 11) is -3.67. The molecule has 0 amide bonds. The van der Waals surface area contributed by atoms with Gasteiger partial charge in [0.25, 0.3) is 0 Å². The molecule has 1 aromatic carbocycles. The van der Waals surface area contributed by atoms with Crippen molar-refractivity contribution in [1.82, 2.24) is 0 Å². The summed E-state index contributed by atoms with van der Waals surface area (Å²) < 4.78 is 22.4. The Hall–Kier alpha value is -1.57. The quantitative estimate of drug-likeness (QED) is 0.793. The molecule has 0 saturated heterocycles. The molecule has 0 unspecified atom stereocenters. The number of anilines is 2. The average Bonchev–Trinajstić information content (AvgIpc) is 2.72. The summed E-state index contributed by atoms with van der Waals surface area (Å²) in [5.41, 5.74) is 7.18. The normalized spacial score (nSPS) is 11.4. The lowest BCUT2D eigenvalue weighted by molar-refractivity contribution is 0.598. The predicted octanol–water partition coefficient (Wildman–Crippen LogP) is 1.59. The van der Waals surface area contributed by atoms with E-state index < -0.39 is 10.0 Å². The van der Waals surface area contributed by atoms with Gasteiger partial charge in [0.1, 0.15) is 0 Å². The van der Waals surface area contributed by atoms with E-state index >= 15 is 0 Å². The smallest absolute Gasteiger partial charge is 0.238 e. The van der Waals surface area contributed by atoms with Crippen molar-refractivity contribution in [2.24, 2.45) is 5.14 Å². The first kappa shape index (κ1) is 12.9. The lowest BCUT2D eigenvalue weighted by atomic mass is 10.3. The molecule has 5 N–H and O–H groups in total. The molecule has 2 rings (SSSR count). The van der Waals surface area contributed by atoms with E-state index in [1.54, 1.807) is 23.5 Å². The Morgan fingerprint density at radius 1 is 1.28 bits per heavy atom. The van der Waals surface area contributed by atoms with Gasteiger partial charge in [-0.1, -0.05) is 6.07 Å². The first-order valence-electron chi connectivity index (χ1n) is 5.15. The van der Waals surface area contributed by atoms with Crippen LogP contribution >= 0.6 is 11.3 Å². The zero-order valence-corrected chi connectivity index (χ0v) is 11.1. The SMILES string of the molecule is Nc1ccsc1CNc1cccc(S(N)(=O)=O)c1. The summed E-state index contributed by atoms with van der Waals surface area (Å²) >= 11 is 1.55. The predicted molar refractivity (Wildman–Crippen MR) is 73.9 cm³/mol. The number of nitrogens with one attached hydrogen (secondary N) is 1. The molecule has 7 heteroatoms. The molecular formula is C11H13N3O2S2. The van der Waals surface area contributed by atoms with Crippen LogP contribution in [0.3, 0.4) is 0 Å². The second-order valence-electron chi connectivity index (χ2n) is 3.73. The van der Waals surface area contributed by atoms with Crippen molar-refractivity contribution in [3.63, 3.8) is 0 Å². The van der Waals surface area contributed by atoms with Crippen LogP contribution in [0.15, 0.2) is 40.6 Å². The topological polar surface area (TPSA) is 98.2 Å². The number of rotatable bonds is 4. The lowest BCUT2D eigenvalue weighted by Crippen LogP contribution is -2.12. The Bertz CT molecular complexity index is 650. The third kappa shape index (κ3) is 3.00. The van der Waals surface area contributed by atoms with Crippen LogP contribution in [0.2, 0.25) is 0 Å². The van der Waals surface area contributed by atoms with Gasteiger partial charge in [-0.15, -0.1) is 11.3 Å². The van der Waals surface area contributed by atoms with Crippen LogP contribution in [-0.4, -0.2) is 8.42 Å². The second-order valence-corrected chi connectivity index (χ2v) is 6.29. The van der Waals surface area contributed by atoms with Crippen molar-refractivity contribution >= 4 is 32.7 Å². The number of primary sulfonamides is 1. The number of benzene rings is 1. The molecule has 0 aliphatic heterocycles. The standard InChI is InChI=1S/C11H13N3O2S2/c12-10-4-5-17-11(10)7-14-8-2-1-3-9(6-8)18(13,15)16/h1-6,14H,7,12H2,(H2,13,15,16). The Morgan fingerprint density at radius 3 is 2.67 bits per heavy atom. The number of hydrogen-bond acceptors (Lipinski definition) is 5. The maximum Gasteiger partial charge on any atom is 0.238 e. The first-order chi connectivity index (χ1) is 8.47. The Balaban J connectivity index is 2.13. The molecule has 0 aliphatic carbocycles. The third-order valence-corrected chi connectivity index (χ3v) is 4.24. The van der Waals surface area contributed by atoms with Crippen molar-refractivity contribution in [3.05, 3.63) is 40.6 Å². The number of sulfonamides is 1. The molecule has 0 aliphatic rings. The van der Waals surface area contributed by atoms with Crippen LogP contribution in [0.4, 0.5) is 11.4 Å². The van der Waals surface area contributed by atoms with Crippen molar-refractivity contribution < 1.29 is 8.42 Å². The molecule has 0 atom stereocenters. The minimum absolute atomic E-state index is 0.0895. The van der Waals surface area contributed by atoms with E-state index in [-0.39, 0.29) is 4.90 Å². The summed E-state index contributed by atoms with van der Waals surface area (Å²) in [6, 6.07) is 8.21. The van der Waals surface area contributed by atoms with Crippen LogP contribution < -0.4 is 16.2 Å². The van der Waals surface area contributed by atoms with Gasteiger partial charge < -0.3 is 11.1 Å². The van der Waals surface area contributed by atoms with E-state index in [0.29, 0.717) is 12.2 Å². The van der Waals surface area contributed by atoms with Crippen molar-refractivity contribution in [2.45, 2.75) is 11.4 Å². The largest absolute Gasteiger partial charge is 0.398 e. The molecule has 1 heterocycles. The summed E-state index contributed by atoms with van der Waals surface area (Å²) in [6.07, 6.45) is 0. The van der Waals surface area contributed by atoms with Gasteiger partial charge in [-0.2, -0.15) is 0 Å². The summed E-state index contributed by atoms with van der Waals surface area (Å²) in [5.74, 6) is 0. The van der Waals surface area contributed by atoms with Crippen LogP contribution in [0.25, 0.3) is 0 Å². The Morgan fingerprint density at radius 2 is 2.06 bits per heavy atom. The maximum atomic E-state index is 11.2. The lowest BCUT2D eigenvalue weighted by Gasteiger charge is -2.07. The van der Waals surface area contributed by atoms with E-state index in [1.807, 2.05) is 11.4 Å². The summed E-state index contributed by atoms with van der Waals surface area (Å²) in [5, 5.41) is 10.1. The van der Waals surface area contributed by atoms with E-state index in [0.717, 1.165) is 10.6 Å². The molecule has 18 heavy (non-hydrogen) atoms. The first-order valence-corrected chi connectivity index (χ1v) is 7.58. The molecule has 5 nitrogen and oxygen atoms in total. The highest BCUT2D eigenvalue weighted by Crippen LogP contribution is 2.21.